The van der Waals surface area contributed by atoms with Crippen LogP contribution in [0.25, 0.3) is 11.1 Å². The van der Waals surface area contributed by atoms with Gasteiger partial charge in [-0.15, -0.1) is 0 Å². The number of nitrogens with zero attached hydrogens (tertiary/aromatic N) is 1. The van der Waals surface area contributed by atoms with Crippen LogP contribution in [0.15, 0.2) is 48.5 Å². The minimum absolute atomic E-state index is 0.151. The van der Waals surface area contributed by atoms with E-state index in [0.717, 1.165) is 44.1 Å². The molecule has 0 aliphatic carbocycles. The molecule has 31 heavy (non-hydrogen) atoms. The van der Waals surface area contributed by atoms with Crippen molar-refractivity contribution in [2.75, 3.05) is 12.8 Å². The molecule has 2 heterocycles. The Hall–Kier alpha value is -2.18. The van der Waals surface area contributed by atoms with E-state index in [1.165, 1.54) is 22.9 Å². The number of nitrogens with one attached hydrogen (secondary N) is 1. The van der Waals surface area contributed by atoms with E-state index in [-0.39, 0.29) is 18.0 Å². The number of carbonyl (C=O) groups is 1. The minimum atomic E-state index is -3.35. The molecule has 5 nitrogen and oxygen atoms in total. The van der Waals surface area contributed by atoms with Gasteiger partial charge in [-0.2, -0.15) is 0 Å². The number of benzene rings is 2. The summed E-state index contributed by atoms with van der Waals surface area (Å²) in [6.07, 6.45) is 7.93. The van der Waals surface area contributed by atoms with Gasteiger partial charge in [0.2, 0.25) is 15.9 Å². The molecule has 1 amide bonds. The van der Waals surface area contributed by atoms with Crippen molar-refractivity contribution in [3.63, 3.8) is 0 Å². The van der Waals surface area contributed by atoms with Crippen LogP contribution in [0.1, 0.15) is 49.7 Å². The molecule has 166 valence electrons. The van der Waals surface area contributed by atoms with Crippen LogP contribution in [-0.2, 0) is 27.7 Å². The number of fused-ring (bicyclic) bond motifs is 5. The van der Waals surface area contributed by atoms with Gasteiger partial charge in [0, 0.05) is 19.0 Å². The quantitative estimate of drug-likeness (QED) is 0.770. The van der Waals surface area contributed by atoms with Crippen molar-refractivity contribution in [3.05, 3.63) is 59.7 Å². The molecule has 1 saturated heterocycles. The van der Waals surface area contributed by atoms with Crippen LogP contribution in [0.4, 0.5) is 0 Å². The summed E-state index contributed by atoms with van der Waals surface area (Å²) < 4.78 is 26.8. The van der Waals surface area contributed by atoms with Gasteiger partial charge in [0.15, 0.2) is 0 Å². The van der Waals surface area contributed by atoms with Crippen molar-refractivity contribution >= 4 is 15.9 Å². The molecule has 4 rings (SSSR count). The van der Waals surface area contributed by atoms with Crippen molar-refractivity contribution in [1.29, 1.82) is 0 Å². The van der Waals surface area contributed by atoms with Gasteiger partial charge in [0.1, 0.15) is 0 Å². The Labute approximate surface area is 185 Å². The van der Waals surface area contributed by atoms with Crippen LogP contribution in [0.5, 0.6) is 0 Å². The molecule has 2 unspecified atom stereocenters. The second-order valence-electron chi connectivity index (χ2n) is 8.92. The fourth-order valence-electron chi connectivity index (χ4n) is 5.07. The maximum atomic E-state index is 13.1. The van der Waals surface area contributed by atoms with E-state index >= 15 is 0 Å². The number of carbonyl (C=O) groups excluding carboxylic acids is 1. The highest BCUT2D eigenvalue weighted by atomic mass is 32.2. The van der Waals surface area contributed by atoms with Crippen LogP contribution in [0, 0.1) is 0 Å². The van der Waals surface area contributed by atoms with Crippen molar-refractivity contribution in [1.82, 2.24) is 9.62 Å². The van der Waals surface area contributed by atoms with Gasteiger partial charge in [-0.25, -0.2) is 13.1 Å². The second kappa shape index (κ2) is 9.53. The Bertz CT molecular complexity index is 1030. The molecule has 0 saturated carbocycles. The molecule has 0 spiro atoms. The van der Waals surface area contributed by atoms with E-state index in [1.807, 2.05) is 4.90 Å². The third-order valence-electron chi connectivity index (χ3n) is 6.50. The summed E-state index contributed by atoms with van der Waals surface area (Å²) in [4.78, 5) is 15.0. The first-order chi connectivity index (χ1) is 14.9. The van der Waals surface area contributed by atoms with Gasteiger partial charge >= 0.3 is 0 Å². The molecule has 1 fully saturated rings. The van der Waals surface area contributed by atoms with E-state index in [1.54, 1.807) is 0 Å². The smallest absolute Gasteiger partial charge is 0.222 e. The summed E-state index contributed by atoms with van der Waals surface area (Å²) >= 11 is 0. The first-order valence-corrected chi connectivity index (χ1v) is 13.2. The van der Waals surface area contributed by atoms with Crippen molar-refractivity contribution in [2.45, 2.75) is 63.5 Å². The number of rotatable bonds is 2. The lowest BCUT2D eigenvalue weighted by molar-refractivity contribution is -0.135. The van der Waals surface area contributed by atoms with Gasteiger partial charge < -0.3 is 4.90 Å². The highest BCUT2D eigenvalue weighted by Crippen LogP contribution is 2.29. The summed E-state index contributed by atoms with van der Waals surface area (Å²) in [6, 6.07) is 16.7. The SMILES string of the molecule is CS(=O)(=O)NC1CCCN2C(=O)CCCCCc3ccccc3-c3cccc(c3)CC12. The average Bonchev–Trinajstić information content (AvgIpc) is 2.73. The molecular weight excluding hydrogens is 408 g/mol. The van der Waals surface area contributed by atoms with E-state index in [9.17, 15) is 13.2 Å². The van der Waals surface area contributed by atoms with E-state index in [4.69, 9.17) is 0 Å². The highest BCUT2D eigenvalue weighted by molar-refractivity contribution is 7.88. The zero-order valence-corrected chi connectivity index (χ0v) is 19.0. The van der Waals surface area contributed by atoms with Crippen LogP contribution in [0.2, 0.25) is 0 Å². The van der Waals surface area contributed by atoms with Crippen LogP contribution >= 0.6 is 0 Å². The van der Waals surface area contributed by atoms with Gasteiger partial charge in [0.05, 0.1) is 12.3 Å². The lowest BCUT2D eigenvalue weighted by Crippen LogP contribution is -2.57. The van der Waals surface area contributed by atoms with Crippen LogP contribution < -0.4 is 4.72 Å². The number of amides is 1. The molecule has 1 N–H and O–H groups in total. The first kappa shape index (κ1) is 22.0. The fourth-order valence-corrected chi connectivity index (χ4v) is 5.90. The molecular formula is C25H32N2O3S. The maximum absolute atomic E-state index is 13.1. The Morgan fingerprint density at radius 1 is 0.968 bits per heavy atom. The third-order valence-corrected chi connectivity index (χ3v) is 7.23. The van der Waals surface area contributed by atoms with Gasteiger partial charge in [-0.3, -0.25) is 4.79 Å². The van der Waals surface area contributed by atoms with Crippen LogP contribution in [-0.4, -0.2) is 44.1 Å². The summed E-state index contributed by atoms with van der Waals surface area (Å²) in [7, 11) is -3.35. The molecule has 0 aromatic heterocycles. The Balaban J connectivity index is 1.72. The van der Waals surface area contributed by atoms with E-state index < -0.39 is 10.0 Å². The normalized spacial score (nSPS) is 22.9. The predicted molar refractivity (Wildman–Crippen MR) is 124 cm³/mol. The van der Waals surface area contributed by atoms with Crippen molar-refractivity contribution < 1.29 is 13.2 Å². The van der Waals surface area contributed by atoms with Gasteiger partial charge in [-0.1, -0.05) is 55.0 Å². The number of hydrogen-bond donors (Lipinski definition) is 1. The molecule has 2 atom stereocenters. The zero-order chi connectivity index (χ0) is 21.8. The number of piperidine rings is 1. The predicted octanol–water partition coefficient (Wildman–Crippen LogP) is 3.92. The molecule has 2 bridgehead atoms. The molecule has 2 aromatic rings. The average molecular weight is 441 g/mol. The largest absolute Gasteiger partial charge is 0.338 e. The standard InChI is InChI=1S/C25H32N2O3S/c1-31(29,30)26-23-14-8-16-27-24(23)18-19-9-7-12-21(17-19)22-13-6-5-11-20(22)10-3-2-4-15-25(27)28/h5-7,9,11-13,17,23-24,26H,2-4,8,10,14-16,18H2,1H3. The minimum Gasteiger partial charge on any atom is -0.338 e. The molecule has 6 heteroatoms. The Morgan fingerprint density at radius 3 is 2.61 bits per heavy atom. The summed E-state index contributed by atoms with van der Waals surface area (Å²) in [5.74, 6) is 0.151. The Morgan fingerprint density at radius 2 is 1.77 bits per heavy atom. The van der Waals surface area contributed by atoms with Crippen molar-refractivity contribution in [2.24, 2.45) is 0 Å². The zero-order valence-electron chi connectivity index (χ0n) is 18.2. The summed E-state index contributed by atoms with van der Waals surface area (Å²) in [6.45, 7) is 0.702. The topological polar surface area (TPSA) is 66.5 Å². The second-order valence-corrected chi connectivity index (χ2v) is 10.7. The molecule has 0 radical (unpaired) electrons. The first-order valence-electron chi connectivity index (χ1n) is 11.3. The number of aryl methyl sites for hydroxylation is 1. The monoisotopic (exact) mass is 440 g/mol. The molecule has 2 aliphatic rings. The Kier molecular flexibility index (Phi) is 6.77. The molecule has 2 aromatic carbocycles. The lowest BCUT2D eigenvalue weighted by atomic mass is 9.88. The van der Waals surface area contributed by atoms with E-state index in [0.29, 0.717) is 19.4 Å². The van der Waals surface area contributed by atoms with Crippen LogP contribution in [0.3, 0.4) is 0 Å². The van der Waals surface area contributed by atoms with Gasteiger partial charge in [0.25, 0.3) is 0 Å². The lowest BCUT2D eigenvalue weighted by Gasteiger charge is -2.41. The number of sulfonamides is 1. The summed E-state index contributed by atoms with van der Waals surface area (Å²) in [5, 5.41) is 0. The van der Waals surface area contributed by atoms with E-state index in [2.05, 4.69) is 53.3 Å². The highest BCUT2D eigenvalue weighted by Gasteiger charge is 2.35. The van der Waals surface area contributed by atoms with Gasteiger partial charge in [-0.05, 0) is 60.8 Å². The number of hydrogen-bond acceptors (Lipinski definition) is 3. The fraction of sp³-hybridized carbons (Fsp3) is 0.480. The van der Waals surface area contributed by atoms with Crippen molar-refractivity contribution in [3.8, 4) is 11.1 Å². The summed E-state index contributed by atoms with van der Waals surface area (Å²) in [5.41, 5.74) is 4.93. The maximum Gasteiger partial charge on any atom is 0.222 e. The molecule has 2 aliphatic heterocycles. The third kappa shape index (κ3) is 5.55.